The van der Waals surface area contributed by atoms with Crippen molar-refractivity contribution < 1.29 is 23.8 Å². The third-order valence-corrected chi connectivity index (χ3v) is 3.15. The molecule has 0 saturated heterocycles. The fourth-order valence-corrected chi connectivity index (χ4v) is 2.06. The predicted octanol–water partition coefficient (Wildman–Crippen LogP) is 3.30. The van der Waals surface area contributed by atoms with Crippen molar-refractivity contribution in [2.45, 2.75) is 12.8 Å². The first-order valence-corrected chi connectivity index (χ1v) is 7.23. The van der Waals surface area contributed by atoms with Gasteiger partial charge in [-0.1, -0.05) is 30.3 Å². The quantitative estimate of drug-likeness (QED) is 0.605. The second-order valence-corrected chi connectivity index (χ2v) is 4.69. The van der Waals surface area contributed by atoms with E-state index < -0.39 is 17.9 Å². The van der Waals surface area contributed by atoms with Crippen molar-refractivity contribution in [1.82, 2.24) is 0 Å². The molecule has 0 radical (unpaired) electrons. The largest absolute Gasteiger partial charge is 0.468 e. The Labute approximate surface area is 134 Å². The molecule has 23 heavy (non-hydrogen) atoms. The van der Waals surface area contributed by atoms with Crippen LogP contribution in [0.15, 0.2) is 54.6 Å². The van der Waals surface area contributed by atoms with Crippen molar-refractivity contribution in [3.63, 3.8) is 0 Å². The Morgan fingerprint density at radius 2 is 1.52 bits per heavy atom. The van der Waals surface area contributed by atoms with Crippen LogP contribution in [-0.2, 0) is 19.1 Å². The van der Waals surface area contributed by atoms with Crippen molar-refractivity contribution in [2.75, 3.05) is 13.7 Å². The maximum absolute atomic E-state index is 12.0. The molecule has 0 heterocycles. The molecular weight excluding hydrogens is 296 g/mol. The molecule has 0 fully saturated rings. The van der Waals surface area contributed by atoms with Crippen LogP contribution in [0, 0.1) is 0 Å². The average Bonchev–Trinajstić information content (AvgIpc) is 2.57. The molecule has 2 aromatic carbocycles. The van der Waals surface area contributed by atoms with Gasteiger partial charge in [-0.3, -0.25) is 9.59 Å². The van der Waals surface area contributed by atoms with Gasteiger partial charge in [0.05, 0.1) is 13.7 Å². The highest BCUT2D eigenvalue weighted by atomic mass is 16.5. The summed E-state index contributed by atoms with van der Waals surface area (Å²) in [5.41, 5.74) is 0.496. The van der Waals surface area contributed by atoms with Crippen LogP contribution in [0.1, 0.15) is 18.4 Å². The summed E-state index contributed by atoms with van der Waals surface area (Å²) < 4.78 is 15.3. The number of ether oxygens (including phenoxy) is 3. The van der Waals surface area contributed by atoms with Gasteiger partial charge >= 0.3 is 11.9 Å². The minimum Gasteiger partial charge on any atom is -0.468 e. The first-order valence-electron chi connectivity index (χ1n) is 7.23. The molecule has 0 saturated carbocycles. The first kappa shape index (κ1) is 16.5. The van der Waals surface area contributed by atoms with Gasteiger partial charge in [0.15, 0.2) is 5.92 Å². The molecular formula is C18H18O5. The van der Waals surface area contributed by atoms with E-state index in [-0.39, 0.29) is 6.61 Å². The zero-order chi connectivity index (χ0) is 16.7. The lowest BCUT2D eigenvalue weighted by Gasteiger charge is -2.14. The van der Waals surface area contributed by atoms with Crippen LogP contribution in [0.2, 0.25) is 0 Å². The standard InChI is InChI=1S/C18H18O5/c1-3-22-18(20)16(17(19)21-2)13-9-11-15(12-10-13)23-14-7-5-4-6-8-14/h4-12,16H,3H2,1-2H3. The second kappa shape index (κ2) is 7.98. The number of hydrogen-bond donors (Lipinski definition) is 0. The van der Waals surface area contributed by atoms with Crippen LogP contribution < -0.4 is 4.74 Å². The van der Waals surface area contributed by atoms with Gasteiger partial charge in [0, 0.05) is 0 Å². The van der Waals surface area contributed by atoms with Crippen LogP contribution in [0.5, 0.6) is 11.5 Å². The van der Waals surface area contributed by atoms with Crippen LogP contribution >= 0.6 is 0 Å². The number of methoxy groups -OCH3 is 1. The van der Waals surface area contributed by atoms with Crippen LogP contribution in [-0.4, -0.2) is 25.7 Å². The summed E-state index contributed by atoms with van der Waals surface area (Å²) in [6.45, 7) is 1.88. The van der Waals surface area contributed by atoms with Gasteiger partial charge in [0.1, 0.15) is 11.5 Å². The van der Waals surface area contributed by atoms with Gasteiger partial charge in [-0.2, -0.15) is 0 Å². The summed E-state index contributed by atoms with van der Waals surface area (Å²) in [4.78, 5) is 23.8. The van der Waals surface area contributed by atoms with Gasteiger partial charge in [-0.15, -0.1) is 0 Å². The second-order valence-electron chi connectivity index (χ2n) is 4.69. The normalized spacial score (nSPS) is 11.4. The van der Waals surface area contributed by atoms with E-state index in [4.69, 9.17) is 9.47 Å². The SMILES string of the molecule is CCOC(=O)C(C(=O)OC)c1ccc(Oc2ccccc2)cc1. The van der Waals surface area contributed by atoms with E-state index in [0.717, 1.165) is 0 Å². The number of benzene rings is 2. The third-order valence-electron chi connectivity index (χ3n) is 3.15. The Bertz CT molecular complexity index is 649. The molecule has 5 heteroatoms. The van der Waals surface area contributed by atoms with Crippen LogP contribution in [0.4, 0.5) is 0 Å². The number of rotatable bonds is 6. The molecule has 0 spiro atoms. The van der Waals surface area contributed by atoms with Crippen LogP contribution in [0.25, 0.3) is 0 Å². The van der Waals surface area contributed by atoms with E-state index in [1.54, 1.807) is 31.2 Å². The summed E-state index contributed by atoms with van der Waals surface area (Å²) >= 11 is 0. The van der Waals surface area contributed by atoms with Crippen molar-refractivity contribution >= 4 is 11.9 Å². The Kier molecular flexibility index (Phi) is 5.74. The Morgan fingerprint density at radius 3 is 2.09 bits per heavy atom. The van der Waals surface area contributed by atoms with E-state index >= 15 is 0 Å². The molecule has 0 aliphatic carbocycles. The molecule has 0 amide bonds. The summed E-state index contributed by atoms with van der Waals surface area (Å²) in [5, 5.41) is 0. The van der Waals surface area contributed by atoms with Crippen LogP contribution in [0.3, 0.4) is 0 Å². The molecule has 1 atom stereocenters. The molecule has 0 bridgehead atoms. The summed E-state index contributed by atoms with van der Waals surface area (Å²) in [7, 11) is 1.24. The highest BCUT2D eigenvalue weighted by Crippen LogP contribution is 2.25. The molecule has 1 unspecified atom stereocenters. The van der Waals surface area contributed by atoms with E-state index in [1.165, 1.54) is 7.11 Å². The fourth-order valence-electron chi connectivity index (χ4n) is 2.06. The zero-order valence-electron chi connectivity index (χ0n) is 13.0. The molecule has 0 N–H and O–H groups in total. The Balaban J connectivity index is 2.18. The number of carbonyl (C=O) groups is 2. The number of carbonyl (C=O) groups excluding carboxylic acids is 2. The molecule has 2 aromatic rings. The summed E-state index contributed by atoms with van der Waals surface area (Å²) in [5.74, 6) is -1.07. The lowest BCUT2D eigenvalue weighted by Crippen LogP contribution is -2.25. The van der Waals surface area contributed by atoms with Crippen molar-refractivity contribution in [2.24, 2.45) is 0 Å². The molecule has 5 nitrogen and oxygen atoms in total. The minimum atomic E-state index is -1.09. The zero-order valence-corrected chi connectivity index (χ0v) is 13.0. The maximum atomic E-state index is 12.0. The predicted molar refractivity (Wildman–Crippen MR) is 84.3 cm³/mol. The van der Waals surface area contributed by atoms with E-state index in [1.807, 2.05) is 30.3 Å². The maximum Gasteiger partial charge on any atom is 0.324 e. The van der Waals surface area contributed by atoms with E-state index in [9.17, 15) is 9.59 Å². The van der Waals surface area contributed by atoms with E-state index in [2.05, 4.69) is 4.74 Å². The van der Waals surface area contributed by atoms with Gasteiger partial charge in [-0.25, -0.2) is 0 Å². The topological polar surface area (TPSA) is 61.8 Å². The Morgan fingerprint density at radius 1 is 0.913 bits per heavy atom. The number of esters is 2. The minimum absolute atomic E-state index is 0.196. The molecule has 2 rings (SSSR count). The summed E-state index contributed by atoms with van der Waals surface area (Å²) in [6, 6.07) is 16.0. The lowest BCUT2D eigenvalue weighted by molar-refractivity contribution is -0.155. The van der Waals surface area contributed by atoms with E-state index in [0.29, 0.717) is 17.1 Å². The van der Waals surface area contributed by atoms with Crippen molar-refractivity contribution in [3.8, 4) is 11.5 Å². The van der Waals surface area contributed by atoms with Gasteiger partial charge < -0.3 is 14.2 Å². The van der Waals surface area contributed by atoms with Gasteiger partial charge in [0.25, 0.3) is 0 Å². The molecule has 120 valence electrons. The third kappa shape index (κ3) is 4.32. The van der Waals surface area contributed by atoms with Crippen molar-refractivity contribution in [1.29, 1.82) is 0 Å². The first-order chi connectivity index (χ1) is 11.2. The van der Waals surface area contributed by atoms with Crippen molar-refractivity contribution in [3.05, 3.63) is 60.2 Å². The molecule has 0 aliphatic rings. The number of para-hydroxylation sites is 1. The monoisotopic (exact) mass is 314 g/mol. The molecule has 0 aromatic heterocycles. The van der Waals surface area contributed by atoms with Gasteiger partial charge in [0.2, 0.25) is 0 Å². The summed E-state index contributed by atoms with van der Waals surface area (Å²) in [6.07, 6.45) is 0. The highest BCUT2D eigenvalue weighted by molar-refractivity contribution is 6.00. The highest BCUT2D eigenvalue weighted by Gasteiger charge is 2.30. The fraction of sp³-hybridized carbons (Fsp3) is 0.222. The molecule has 0 aliphatic heterocycles. The van der Waals surface area contributed by atoms with Gasteiger partial charge in [-0.05, 0) is 36.8 Å². The number of hydrogen-bond acceptors (Lipinski definition) is 5. The lowest BCUT2D eigenvalue weighted by atomic mass is 9.99. The average molecular weight is 314 g/mol. The Hall–Kier alpha value is -2.82. The smallest absolute Gasteiger partial charge is 0.324 e.